The quantitative estimate of drug-likeness (QED) is 0.726. The second-order valence-corrected chi connectivity index (χ2v) is 7.12. The zero-order chi connectivity index (χ0) is 12.8. The van der Waals surface area contributed by atoms with E-state index in [1.807, 2.05) is 0 Å². The molecule has 100 valence electrons. The van der Waals surface area contributed by atoms with Gasteiger partial charge in [-0.3, -0.25) is 0 Å². The number of aliphatic hydroxyl groups excluding tert-OH is 1. The molecule has 5 unspecified atom stereocenters. The molecule has 1 saturated carbocycles. The van der Waals surface area contributed by atoms with E-state index in [4.69, 9.17) is 9.47 Å². The van der Waals surface area contributed by atoms with Gasteiger partial charge in [0.25, 0.3) is 0 Å². The molecule has 1 N–H and O–H groups in total. The van der Waals surface area contributed by atoms with Gasteiger partial charge in [0.2, 0.25) is 0 Å². The largest absolute Gasteiger partial charge is 0.393 e. The smallest absolute Gasteiger partial charge is 0.195 e. The van der Waals surface area contributed by atoms with Crippen LogP contribution < -0.4 is 0 Å². The highest BCUT2D eigenvalue weighted by Gasteiger charge is 2.84. The van der Waals surface area contributed by atoms with Gasteiger partial charge >= 0.3 is 0 Å². The second kappa shape index (κ2) is 2.87. The Hall–Kier alpha value is -0.380. The predicted molar refractivity (Wildman–Crippen MR) is 66.9 cm³/mol. The van der Waals surface area contributed by atoms with Gasteiger partial charge in [-0.25, -0.2) is 0 Å². The van der Waals surface area contributed by atoms with Crippen LogP contribution in [0.3, 0.4) is 0 Å². The molecule has 2 saturated heterocycles. The lowest BCUT2D eigenvalue weighted by atomic mass is 9.53. The van der Waals surface area contributed by atoms with Crippen molar-refractivity contribution >= 4 is 0 Å². The van der Waals surface area contributed by atoms with Crippen LogP contribution in [0, 0.1) is 10.8 Å². The fourth-order valence-corrected chi connectivity index (χ4v) is 5.25. The first-order valence-electron chi connectivity index (χ1n) is 7.10. The van der Waals surface area contributed by atoms with Crippen molar-refractivity contribution in [2.75, 3.05) is 6.61 Å². The lowest BCUT2D eigenvalue weighted by Gasteiger charge is -2.53. The number of fused-ring (bicyclic) bond motifs is 1. The highest BCUT2D eigenvalue weighted by molar-refractivity contribution is 5.34. The van der Waals surface area contributed by atoms with Crippen LogP contribution in [0.2, 0.25) is 0 Å². The normalized spacial score (nSPS) is 60.9. The summed E-state index contributed by atoms with van der Waals surface area (Å²) in [6.07, 6.45) is 6.59. The maximum absolute atomic E-state index is 9.99. The molecule has 0 radical (unpaired) electrons. The first kappa shape index (κ1) is 11.4. The molecule has 3 nitrogen and oxygen atoms in total. The summed E-state index contributed by atoms with van der Waals surface area (Å²) in [7, 11) is 0. The van der Waals surface area contributed by atoms with Crippen molar-refractivity contribution in [1.82, 2.24) is 0 Å². The summed E-state index contributed by atoms with van der Waals surface area (Å²) in [6, 6.07) is 0. The summed E-state index contributed by atoms with van der Waals surface area (Å²) in [5.74, 6) is -0.575. The zero-order valence-corrected chi connectivity index (χ0v) is 11.5. The maximum atomic E-state index is 9.99. The van der Waals surface area contributed by atoms with Gasteiger partial charge in [0.15, 0.2) is 5.79 Å². The van der Waals surface area contributed by atoms with Crippen LogP contribution >= 0.6 is 0 Å². The minimum absolute atomic E-state index is 0.00472. The molecule has 18 heavy (non-hydrogen) atoms. The number of aliphatic hydroxyl groups is 1. The molecule has 2 bridgehead atoms. The van der Waals surface area contributed by atoms with Gasteiger partial charge in [0.05, 0.1) is 12.7 Å². The van der Waals surface area contributed by atoms with E-state index in [2.05, 4.69) is 26.8 Å². The van der Waals surface area contributed by atoms with E-state index in [1.54, 1.807) is 0 Å². The third kappa shape index (κ3) is 0.825. The summed E-state index contributed by atoms with van der Waals surface area (Å²) < 4.78 is 12.7. The van der Waals surface area contributed by atoms with Crippen LogP contribution in [-0.4, -0.2) is 29.2 Å². The molecule has 4 aliphatic rings. The van der Waals surface area contributed by atoms with E-state index >= 15 is 0 Å². The molecule has 2 heterocycles. The minimum Gasteiger partial charge on any atom is -0.393 e. The molecule has 2 aliphatic carbocycles. The van der Waals surface area contributed by atoms with E-state index in [-0.39, 0.29) is 23.5 Å². The van der Waals surface area contributed by atoms with Crippen molar-refractivity contribution in [2.45, 2.75) is 63.9 Å². The van der Waals surface area contributed by atoms with Crippen LogP contribution in [0.15, 0.2) is 11.6 Å². The standard InChI is InChI=1S/C15H22O3/c1-10-4-6-13(3)12(2)7-5-11-14(12,9-16)18-15(13,8-10)17-11/h8,11,16H,4-7,9H2,1-3H3. The van der Waals surface area contributed by atoms with Crippen LogP contribution in [0.25, 0.3) is 0 Å². The Morgan fingerprint density at radius 1 is 1.33 bits per heavy atom. The lowest BCUT2D eigenvalue weighted by Crippen LogP contribution is -2.60. The molecule has 2 aliphatic heterocycles. The molecular weight excluding hydrogens is 228 g/mol. The number of rotatable bonds is 1. The summed E-state index contributed by atoms with van der Waals surface area (Å²) >= 11 is 0. The fraction of sp³-hybridized carbons (Fsp3) is 0.867. The van der Waals surface area contributed by atoms with Gasteiger partial charge in [0, 0.05) is 10.8 Å². The summed E-state index contributed by atoms with van der Waals surface area (Å²) in [5, 5.41) is 9.99. The van der Waals surface area contributed by atoms with Crippen LogP contribution in [0.5, 0.6) is 0 Å². The van der Waals surface area contributed by atoms with Crippen LogP contribution in [0.1, 0.15) is 46.5 Å². The summed E-state index contributed by atoms with van der Waals surface area (Å²) in [5.41, 5.74) is 0.915. The molecular formula is C15H22O3. The van der Waals surface area contributed by atoms with E-state index in [0.717, 1.165) is 25.7 Å². The number of hydrogen-bond acceptors (Lipinski definition) is 3. The van der Waals surface area contributed by atoms with E-state index in [9.17, 15) is 5.11 Å². The summed E-state index contributed by atoms with van der Waals surface area (Å²) in [4.78, 5) is 0. The van der Waals surface area contributed by atoms with Crippen molar-refractivity contribution in [3.05, 3.63) is 11.6 Å². The Labute approximate surface area is 108 Å². The zero-order valence-electron chi connectivity index (χ0n) is 11.5. The molecule has 0 aromatic carbocycles. The van der Waals surface area contributed by atoms with Gasteiger partial charge in [-0.2, -0.15) is 0 Å². The molecule has 3 heteroatoms. The Bertz CT molecular complexity index is 459. The first-order valence-corrected chi connectivity index (χ1v) is 7.10. The van der Waals surface area contributed by atoms with E-state index in [0.29, 0.717) is 0 Å². The predicted octanol–water partition coefficient (Wildman–Crippen LogP) is 2.39. The topological polar surface area (TPSA) is 38.7 Å². The summed E-state index contributed by atoms with van der Waals surface area (Å²) in [6.45, 7) is 6.85. The molecule has 4 rings (SSSR count). The Kier molecular flexibility index (Phi) is 1.82. The van der Waals surface area contributed by atoms with Crippen LogP contribution in [-0.2, 0) is 9.47 Å². The highest BCUT2D eigenvalue weighted by Crippen LogP contribution is 2.77. The molecule has 0 aromatic rings. The van der Waals surface area contributed by atoms with Crippen molar-refractivity contribution in [2.24, 2.45) is 10.8 Å². The highest BCUT2D eigenvalue weighted by atomic mass is 16.8. The fourth-order valence-electron chi connectivity index (χ4n) is 5.25. The Morgan fingerprint density at radius 3 is 2.83 bits per heavy atom. The van der Waals surface area contributed by atoms with Crippen LogP contribution in [0.4, 0.5) is 0 Å². The minimum atomic E-state index is -0.575. The van der Waals surface area contributed by atoms with E-state index in [1.165, 1.54) is 5.57 Å². The number of allylic oxidation sites excluding steroid dienone is 1. The third-order valence-electron chi connectivity index (χ3n) is 6.69. The lowest BCUT2D eigenvalue weighted by molar-refractivity contribution is -0.199. The van der Waals surface area contributed by atoms with Crippen molar-refractivity contribution in [3.8, 4) is 0 Å². The van der Waals surface area contributed by atoms with Crippen molar-refractivity contribution in [3.63, 3.8) is 0 Å². The van der Waals surface area contributed by atoms with Gasteiger partial charge in [-0.1, -0.05) is 19.4 Å². The Balaban J connectivity index is 1.98. The maximum Gasteiger partial charge on any atom is 0.195 e. The Morgan fingerprint density at radius 2 is 2.11 bits per heavy atom. The van der Waals surface area contributed by atoms with Crippen molar-refractivity contribution < 1.29 is 14.6 Å². The van der Waals surface area contributed by atoms with E-state index < -0.39 is 11.4 Å². The first-order chi connectivity index (χ1) is 8.43. The number of ether oxygens (including phenoxy) is 2. The SMILES string of the molecule is CC1=CC23OC4CCC(C)(C4(CO)O2)C3(C)CC1. The van der Waals surface area contributed by atoms with Gasteiger partial charge < -0.3 is 14.6 Å². The van der Waals surface area contributed by atoms with Gasteiger partial charge in [0.1, 0.15) is 5.60 Å². The second-order valence-electron chi connectivity index (χ2n) is 7.12. The molecule has 0 aromatic heterocycles. The van der Waals surface area contributed by atoms with Crippen molar-refractivity contribution in [1.29, 1.82) is 0 Å². The molecule has 0 amide bonds. The molecule has 3 fully saturated rings. The average molecular weight is 250 g/mol. The molecule has 1 spiro atoms. The molecule has 5 atom stereocenters. The number of hydrogen-bond donors (Lipinski definition) is 1. The van der Waals surface area contributed by atoms with Gasteiger partial charge in [-0.15, -0.1) is 0 Å². The third-order valence-corrected chi connectivity index (χ3v) is 6.69. The monoisotopic (exact) mass is 250 g/mol. The van der Waals surface area contributed by atoms with Gasteiger partial charge in [-0.05, 0) is 38.7 Å². The average Bonchev–Trinajstić information content (AvgIpc) is 2.82.